The van der Waals surface area contributed by atoms with Gasteiger partial charge in [-0.15, -0.1) is 0 Å². The van der Waals surface area contributed by atoms with Crippen molar-refractivity contribution in [2.24, 2.45) is 7.05 Å². The summed E-state index contributed by atoms with van der Waals surface area (Å²) < 4.78 is 18.1. The lowest BCUT2D eigenvalue weighted by Crippen LogP contribution is -1.96. The summed E-state index contributed by atoms with van der Waals surface area (Å²) in [6.07, 6.45) is 1.94. The van der Waals surface area contributed by atoms with Gasteiger partial charge in [0.05, 0.1) is 38.7 Å². The third kappa shape index (κ3) is 4.53. The summed E-state index contributed by atoms with van der Waals surface area (Å²) in [5.41, 5.74) is 6.48. The molecule has 5 heteroatoms. The summed E-state index contributed by atoms with van der Waals surface area (Å²) in [7, 11) is 6.98. The Hall–Kier alpha value is -4.43. The Bertz CT molecular complexity index is 1340. The largest absolute Gasteiger partial charge is 0.497 e. The van der Waals surface area contributed by atoms with Gasteiger partial charge >= 0.3 is 0 Å². The van der Waals surface area contributed by atoms with Crippen LogP contribution in [0.15, 0.2) is 78.9 Å². The summed E-state index contributed by atoms with van der Waals surface area (Å²) in [6, 6.07) is 27.9. The predicted molar refractivity (Wildman–Crippen MR) is 136 cm³/mol. The zero-order chi connectivity index (χ0) is 24.1. The van der Waals surface area contributed by atoms with Crippen molar-refractivity contribution in [3.63, 3.8) is 0 Å². The molecule has 0 N–H and O–H groups in total. The van der Waals surface area contributed by atoms with E-state index >= 15 is 0 Å². The zero-order valence-corrected chi connectivity index (χ0v) is 19.7. The quantitative estimate of drug-likeness (QED) is 0.304. The van der Waals surface area contributed by atoms with Gasteiger partial charge in [0.1, 0.15) is 17.2 Å². The highest BCUT2D eigenvalue weighted by atomic mass is 16.5. The Kier molecular flexibility index (Phi) is 6.70. The number of benzene rings is 3. The van der Waals surface area contributed by atoms with E-state index < -0.39 is 0 Å². The van der Waals surface area contributed by atoms with E-state index in [-0.39, 0.29) is 0 Å². The van der Waals surface area contributed by atoms with Crippen LogP contribution in [0.3, 0.4) is 0 Å². The van der Waals surface area contributed by atoms with Crippen LogP contribution in [0.2, 0.25) is 0 Å². The number of hydrogen-bond donors (Lipinski definition) is 0. The molecular formula is C29H26N2O3. The SMILES string of the molecule is COc1ccc(/C(C#N)=C/c2cc(-c3ccc(OC)cc3)n(C)c2-c2ccc(OC)cc2)cc1. The van der Waals surface area contributed by atoms with Gasteiger partial charge in [-0.1, -0.05) is 0 Å². The minimum Gasteiger partial charge on any atom is -0.497 e. The lowest BCUT2D eigenvalue weighted by atomic mass is 10.0. The van der Waals surface area contributed by atoms with Gasteiger partial charge in [0, 0.05) is 18.3 Å². The van der Waals surface area contributed by atoms with Crippen molar-refractivity contribution in [3.05, 3.63) is 90.0 Å². The number of ether oxygens (including phenoxy) is 3. The van der Waals surface area contributed by atoms with Crippen molar-refractivity contribution in [1.29, 1.82) is 5.26 Å². The first-order chi connectivity index (χ1) is 16.6. The highest BCUT2D eigenvalue weighted by Crippen LogP contribution is 2.35. The van der Waals surface area contributed by atoms with Gasteiger partial charge in [0.25, 0.3) is 0 Å². The summed E-state index contributed by atoms with van der Waals surface area (Å²) in [6.45, 7) is 0. The standard InChI is InChI=1S/C29H26N2O3/c1-31-28(21-7-13-26(33-3)14-8-21)18-23(29(31)22-9-15-27(34-4)16-10-22)17-24(19-30)20-5-11-25(32-2)12-6-20/h5-18H,1-4H3/b24-17+. The van der Waals surface area contributed by atoms with E-state index in [2.05, 4.69) is 16.7 Å². The predicted octanol–water partition coefficient (Wildman–Crippen LogP) is 6.45. The fraction of sp³-hybridized carbons (Fsp3) is 0.138. The first-order valence-corrected chi connectivity index (χ1v) is 10.8. The summed E-state index contributed by atoms with van der Waals surface area (Å²) >= 11 is 0. The van der Waals surface area contributed by atoms with Crippen LogP contribution in [0.25, 0.3) is 34.2 Å². The lowest BCUT2D eigenvalue weighted by Gasteiger charge is -2.11. The molecule has 0 bridgehead atoms. The Balaban J connectivity index is 1.88. The molecule has 0 unspecified atom stereocenters. The van der Waals surface area contributed by atoms with Crippen molar-refractivity contribution in [3.8, 4) is 45.8 Å². The molecule has 0 saturated carbocycles. The summed E-state index contributed by atoms with van der Waals surface area (Å²) in [5.74, 6) is 2.35. The molecular weight excluding hydrogens is 424 g/mol. The fourth-order valence-corrected chi connectivity index (χ4v) is 3.99. The van der Waals surface area contributed by atoms with Crippen LogP contribution < -0.4 is 14.2 Å². The van der Waals surface area contributed by atoms with Gasteiger partial charge in [0.15, 0.2) is 0 Å². The maximum Gasteiger partial charge on any atom is 0.118 e. The van der Waals surface area contributed by atoms with Gasteiger partial charge in [-0.2, -0.15) is 5.26 Å². The number of allylic oxidation sites excluding steroid dienone is 1. The topological polar surface area (TPSA) is 56.4 Å². The van der Waals surface area contributed by atoms with Crippen LogP contribution in [0, 0.1) is 11.3 Å². The molecule has 0 radical (unpaired) electrons. The number of aromatic nitrogens is 1. The zero-order valence-electron chi connectivity index (χ0n) is 19.7. The van der Waals surface area contributed by atoms with Gasteiger partial charge in [-0.3, -0.25) is 0 Å². The molecule has 0 aliphatic carbocycles. The van der Waals surface area contributed by atoms with E-state index in [1.54, 1.807) is 21.3 Å². The highest BCUT2D eigenvalue weighted by Gasteiger charge is 2.16. The average molecular weight is 451 g/mol. The van der Waals surface area contributed by atoms with Gasteiger partial charge in [0.2, 0.25) is 0 Å². The molecule has 0 aliphatic rings. The number of nitrogens with zero attached hydrogens (tertiary/aromatic N) is 2. The molecule has 1 heterocycles. The summed E-state index contributed by atoms with van der Waals surface area (Å²) in [5, 5.41) is 9.96. The van der Waals surface area contributed by atoms with E-state index in [0.717, 1.165) is 50.9 Å². The van der Waals surface area contributed by atoms with Gasteiger partial charge in [-0.25, -0.2) is 0 Å². The fourth-order valence-electron chi connectivity index (χ4n) is 3.99. The monoisotopic (exact) mass is 450 g/mol. The number of hydrogen-bond acceptors (Lipinski definition) is 4. The first kappa shape index (κ1) is 22.8. The molecule has 0 spiro atoms. The molecule has 0 atom stereocenters. The van der Waals surface area contributed by atoms with E-state index in [0.29, 0.717) is 5.57 Å². The van der Waals surface area contributed by atoms with Gasteiger partial charge in [-0.05, 0) is 102 Å². The van der Waals surface area contributed by atoms with E-state index in [4.69, 9.17) is 14.2 Å². The van der Waals surface area contributed by atoms with E-state index in [9.17, 15) is 5.26 Å². The third-order valence-electron chi connectivity index (χ3n) is 5.83. The second-order valence-corrected chi connectivity index (χ2v) is 7.75. The smallest absolute Gasteiger partial charge is 0.118 e. The first-order valence-electron chi connectivity index (χ1n) is 10.8. The Morgan fingerprint density at radius 1 is 0.735 bits per heavy atom. The number of methoxy groups -OCH3 is 3. The second kappa shape index (κ2) is 10.0. The minimum atomic E-state index is 0.573. The van der Waals surface area contributed by atoms with Crippen molar-refractivity contribution in [1.82, 2.24) is 4.57 Å². The van der Waals surface area contributed by atoms with Crippen LogP contribution in [-0.4, -0.2) is 25.9 Å². The van der Waals surface area contributed by atoms with Gasteiger partial charge < -0.3 is 18.8 Å². The molecule has 4 aromatic rings. The van der Waals surface area contributed by atoms with E-state index in [1.807, 2.05) is 85.9 Å². The maximum absolute atomic E-state index is 9.96. The number of nitriles is 1. The van der Waals surface area contributed by atoms with Crippen LogP contribution in [-0.2, 0) is 7.05 Å². The second-order valence-electron chi connectivity index (χ2n) is 7.75. The Morgan fingerprint density at radius 3 is 1.68 bits per heavy atom. The minimum absolute atomic E-state index is 0.573. The molecule has 5 nitrogen and oxygen atoms in total. The molecule has 1 aromatic heterocycles. The molecule has 0 amide bonds. The normalized spacial score (nSPS) is 11.1. The lowest BCUT2D eigenvalue weighted by molar-refractivity contribution is 0.414. The molecule has 3 aromatic carbocycles. The maximum atomic E-state index is 9.96. The van der Waals surface area contributed by atoms with Crippen LogP contribution in [0.5, 0.6) is 17.2 Å². The number of rotatable bonds is 7. The van der Waals surface area contributed by atoms with Crippen LogP contribution in [0.4, 0.5) is 0 Å². The highest BCUT2D eigenvalue weighted by molar-refractivity contribution is 5.94. The van der Waals surface area contributed by atoms with Crippen molar-refractivity contribution < 1.29 is 14.2 Å². The van der Waals surface area contributed by atoms with Crippen molar-refractivity contribution >= 4 is 11.6 Å². The molecule has 0 aliphatic heterocycles. The molecule has 34 heavy (non-hydrogen) atoms. The molecule has 4 rings (SSSR count). The van der Waals surface area contributed by atoms with Crippen molar-refractivity contribution in [2.45, 2.75) is 0 Å². The molecule has 0 saturated heterocycles. The Morgan fingerprint density at radius 2 is 1.21 bits per heavy atom. The van der Waals surface area contributed by atoms with Crippen LogP contribution >= 0.6 is 0 Å². The van der Waals surface area contributed by atoms with Crippen LogP contribution in [0.1, 0.15) is 11.1 Å². The summed E-state index contributed by atoms with van der Waals surface area (Å²) in [4.78, 5) is 0. The third-order valence-corrected chi connectivity index (χ3v) is 5.83. The van der Waals surface area contributed by atoms with E-state index in [1.165, 1.54) is 0 Å². The Labute approximate surface area is 200 Å². The molecule has 170 valence electrons. The average Bonchev–Trinajstić information content (AvgIpc) is 3.22. The van der Waals surface area contributed by atoms with Crippen molar-refractivity contribution in [2.75, 3.05) is 21.3 Å². The molecule has 0 fully saturated rings.